The summed E-state index contributed by atoms with van der Waals surface area (Å²) in [5, 5.41) is 0. The summed E-state index contributed by atoms with van der Waals surface area (Å²) in [4.78, 5) is 21.6. The first-order valence-corrected chi connectivity index (χ1v) is 7.54. The van der Waals surface area contributed by atoms with Crippen molar-refractivity contribution in [3.8, 4) is 0 Å². The van der Waals surface area contributed by atoms with Crippen molar-refractivity contribution in [3.63, 3.8) is 0 Å². The monoisotopic (exact) mass is 283 g/mol. The van der Waals surface area contributed by atoms with Gasteiger partial charge >= 0.3 is 0 Å². The van der Waals surface area contributed by atoms with E-state index in [1.807, 2.05) is 6.92 Å². The van der Waals surface area contributed by atoms with Crippen molar-refractivity contribution in [1.82, 2.24) is 14.9 Å². The molecule has 110 valence electrons. The number of aromatic amines is 1. The lowest BCUT2D eigenvalue weighted by Gasteiger charge is -2.27. The van der Waals surface area contributed by atoms with Crippen LogP contribution in [-0.4, -0.2) is 21.4 Å². The molecule has 0 fully saturated rings. The SMILES string of the molecule is CCc1ccc(CN2CCc3nc(C)[nH]c(=O)c3C2)cc1. The van der Waals surface area contributed by atoms with Crippen LogP contribution in [-0.2, 0) is 25.9 Å². The molecule has 0 spiro atoms. The lowest BCUT2D eigenvalue weighted by Crippen LogP contribution is -2.35. The number of aryl methyl sites for hydroxylation is 2. The molecule has 4 heteroatoms. The maximum atomic E-state index is 12.0. The van der Waals surface area contributed by atoms with E-state index in [1.165, 1.54) is 11.1 Å². The molecule has 0 amide bonds. The molecule has 1 aliphatic rings. The fraction of sp³-hybridized carbons (Fsp3) is 0.412. The Hall–Kier alpha value is -1.94. The fourth-order valence-corrected chi connectivity index (χ4v) is 2.88. The third-order valence-corrected chi connectivity index (χ3v) is 4.10. The van der Waals surface area contributed by atoms with E-state index < -0.39 is 0 Å². The third-order valence-electron chi connectivity index (χ3n) is 4.10. The molecular weight excluding hydrogens is 262 g/mol. The Morgan fingerprint density at radius 2 is 1.95 bits per heavy atom. The van der Waals surface area contributed by atoms with Crippen molar-refractivity contribution in [3.05, 3.63) is 62.8 Å². The predicted molar refractivity (Wildman–Crippen MR) is 83.2 cm³/mol. The van der Waals surface area contributed by atoms with E-state index in [4.69, 9.17) is 0 Å². The fourth-order valence-electron chi connectivity index (χ4n) is 2.88. The number of nitrogens with zero attached hydrogens (tertiary/aromatic N) is 2. The average molecular weight is 283 g/mol. The molecule has 21 heavy (non-hydrogen) atoms. The minimum Gasteiger partial charge on any atom is -0.310 e. The second-order valence-electron chi connectivity index (χ2n) is 5.71. The van der Waals surface area contributed by atoms with Crippen LogP contribution >= 0.6 is 0 Å². The van der Waals surface area contributed by atoms with Crippen LogP contribution < -0.4 is 5.56 Å². The van der Waals surface area contributed by atoms with Gasteiger partial charge in [-0.3, -0.25) is 9.69 Å². The van der Waals surface area contributed by atoms with Gasteiger partial charge in [-0.25, -0.2) is 4.98 Å². The highest BCUT2D eigenvalue weighted by atomic mass is 16.1. The number of fused-ring (bicyclic) bond motifs is 1. The summed E-state index contributed by atoms with van der Waals surface area (Å²) in [7, 11) is 0. The molecule has 2 aromatic rings. The molecular formula is C17H21N3O. The van der Waals surface area contributed by atoms with Gasteiger partial charge in [0, 0.05) is 26.1 Å². The molecule has 1 aliphatic heterocycles. The summed E-state index contributed by atoms with van der Waals surface area (Å²) in [6.07, 6.45) is 1.92. The second kappa shape index (κ2) is 5.82. The van der Waals surface area contributed by atoms with E-state index in [2.05, 4.69) is 46.1 Å². The zero-order valence-electron chi connectivity index (χ0n) is 12.6. The van der Waals surface area contributed by atoms with Crippen LogP contribution in [0.5, 0.6) is 0 Å². The summed E-state index contributed by atoms with van der Waals surface area (Å²) in [6, 6.07) is 8.74. The van der Waals surface area contributed by atoms with Gasteiger partial charge in [0.15, 0.2) is 0 Å². The van der Waals surface area contributed by atoms with Crippen LogP contribution in [0.4, 0.5) is 0 Å². The van der Waals surface area contributed by atoms with Crippen LogP contribution in [0.25, 0.3) is 0 Å². The molecule has 1 N–H and O–H groups in total. The number of aromatic nitrogens is 2. The molecule has 0 aliphatic carbocycles. The molecule has 3 rings (SSSR count). The average Bonchev–Trinajstić information content (AvgIpc) is 2.48. The van der Waals surface area contributed by atoms with Gasteiger partial charge in [-0.2, -0.15) is 0 Å². The van der Waals surface area contributed by atoms with E-state index in [0.717, 1.165) is 37.2 Å². The standard InChI is InChI=1S/C17H21N3O/c1-3-13-4-6-14(7-5-13)10-20-9-8-16-15(11-20)17(21)19-12(2)18-16/h4-7H,3,8-11H2,1-2H3,(H,18,19,21). The Morgan fingerprint density at radius 1 is 1.24 bits per heavy atom. The first-order valence-electron chi connectivity index (χ1n) is 7.54. The van der Waals surface area contributed by atoms with Crippen molar-refractivity contribution in [2.24, 2.45) is 0 Å². The van der Waals surface area contributed by atoms with Crippen LogP contribution in [0.2, 0.25) is 0 Å². The van der Waals surface area contributed by atoms with Crippen molar-refractivity contribution < 1.29 is 0 Å². The molecule has 0 bridgehead atoms. The molecule has 0 unspecified atom stereocenters. The van der Waals surface area contributed by atoms with Gasteiger partial charge in [0.2, 0.25) is 0 Å². The van der Waals surface area contributed by atoms with E-state index in [1.54, 1.807) is 0 Å². The summed E-state index contributed by atoms with van der Waals surface area (Å²) in [5.41, 5.74) is 4.47. The summed E-state index contributed by atoms with van der Waals surface area (Å²) in [6.45, 7) is 6.53. The Labute approximate surface area is 124 Å². The Kier molecular flexibility index (Phi) is 3.88. The molecule has 4 nitrogen and oxygen atoms in total. The minimum atomic E-state index is 0.0172. The molecule has 1 aromatic carbocycles. The molecule has 0 saturated carbocycles. The van der Waals surface area contributed by atoms with E-state index in [9.17, 15) is 4.79 Å². The topological polar surface area (TPSA) is 49.0 Å². The first-order chi connectivity index (χ1) is 10.2. The largest absolute Gasteiger partial charge is 0.310 e. The maximum absolute atomic E-state index is 12.0. The molecule has 0 atom stereocenters. The quantitative estimate of drug-likeness (QED) is 0.939. The van der Waals surface area contributed by atoms with Crippen molar-refractivity contribution in [1.29, 1.82) is 0 Å². The van der Waals surface area contributed by atoms with Gasteiger partial charge in [-0.05, 0) is 24.5 Å². The number of benzene rings is 1. The zero-order valence-corrected chi connectivity index (χ0v) is 12.6. The number of hydrogen-bond acceptors (Lipinski definition) is 3. The molecule has 2 heterocycles. The van der Waals surface area contributed by atoms with Crippen molar-refractivity contribution in [2.45, 2.75) is 39.8 Å². The number of H-pyrrole nitrogens is 1. The molecule has 0 saturated heterocycles. The first kappa shape index (κ1) is 14.0. The maximum Gasteiger partial charge on any atom is 0.255 e. The van der Waals surface area contributed by atoms with Gasteiger partial charge in [0.1, 0.15) is 5.82 Å². The Balaban J connectivity index is 1.75. The highest BCUT2D eigenvalue weighted by Gasteiger charge is 2.20. The van der Waals surface area contributed by atoms with Gasteiger partial charge in [-0.1, -0.05) is 31.2 Å². The van der Waals surface area contributed by atoms with Crippen LogP contribution in [0.3, 0.4) is 0 Å². The van der Waals surface area contributed by atoms with Crippen molar-refractivity contribution >= 4 is 0 Å². The van der Waals surface area contributed by atoms with Crippen LogP contribution in [0.1, 0.15) is 35.1 Å². The molecule has 1 aromatic heterocycles. The van der Waals surface area contributed by atoms with Gasteiger partial charge in [0.25, 0.3) is 5.56 Å². The highest BCUT2D eigenvalue weighted by molar-refractivity contribution is 5.24. The minimum absolute atomic E-state index is 0.0172. The summed E-state index contributed by atoms with van der Waals surface area (Å²) >= 11 is 0. The van der Waals surface area contributed by atoms with Gasteiger partial charge in [0.05, 0.1) is 11.3 Å². The van der Waals surface area contributed by atoms with E-state index in [-0.39, 0.29) is 5.56 Å². The highest BCUT2D eigenvalue weighted by Crippen LogP contribution is 2.16. The second-order valence-corrected chi connectivity index (χ2v) is 5.71. The number of nitrogens with one attached hydrogen (secondary N) is 1. The van der Waals surface area contributed by atoms with Crippen molar-refractivity contribution in [2.75, 3.05) is 6.54 Å². The van der Waals surface area contributed by atoms with E-state index >= 15 is 0 Å². The van der Waals surface area contributed by atoms with Crippen LogP contribution in [0.15, 0.2) is 29.1 Å². The predicted octanol–water partition coefficient (Wildman–Crippen LogP) is 2.20. The normalized spacial score (nSPS) is 15.0. The van der Waals surface area contributed by atoms with E-state index in [0.29, 0.717) is 12.4 Å². The Morgan fingerprint density at radius 3 is 2.67 bits per heavy atom. The number of rotatable bonds is 3. The molecule has 0 radical (unpaired) electrons. The lowest BCUT2D eigenvalue weighted by molar-refractivity contribution is 0.241. The van der Waals surface area contributed by atoms with Gasteiger partial charge < -0.3 is 4.98 Å². The van der Waals surface area contributed by atoms with Gasteiger partial charge in [-0.15, -0.1) is 0 Å². The smallest absolute Gasteiger partial charge is 0.255 e. The third kappa shape index (κ3) is 3.05. The summed E-state index contributed by atoms with van der Waals surface area (Å²) < 4.78 is 0. The zero-order chi connectivity index (χ0) is 14.8. The summed E-state index contributed by atoms with van der Waals surface area (Å²) in [5.74, 6) is 0.711. The lowest BCUT2D eigenvalue weighted by atomic mass is 10.0. The van der Waals surface area contributed by atoms with Crippen LogP contribution in [0, 0.1) is 6.92 Å². The number of hydrogen-bond donors (Lipinski definition) is 1. The Bertz CT molecular complexity index is 688.